The predicted molar refractivity (Wildman–Crippen MR) is 89.5 cm³/mol. The van der Waals surface area contributed by atoms with Crippen molar-refractivity contribution in [3.8, 4) is 5.75 Å². The number of hydrogen-bond acceptors (Lipinski definition) is 6. The van der Waals surface area contributed by atoms with E-state index >= 15 is 0 Å². The summed E-state index contributed by atoms with van der Waals surface area (Å²) in [6.45, 7) is 4.73. The lowest BCUT2D eigenvalue weighted by Gasteiger charge is -2.22. The molecule has 0 aromatic heterocycles. The van der Waals surface area contributed by atoms with Crippen molar-refractivity contribution in [2.45, 2.75) is 20.3 Å². The molecular formula is C15H21O5PS. The normalized spacial score (nSPS) is 13.4. The van der Waals surface area contributed by atoms with Gasteiger partial charge in [-0.2, -0.15) is 0 Å². The molecule has 0 fully saturated rings. The smallest absolute Gasteiger partial charge is 0.380 e. The maximum absolute atomic E-state index is 11.2. The van der Waals surface area contributed by atoms with Crippen LogP contribution in [-0.2, 0) is 32.1 Å². The minimum absolute atomic E-state index is 0.183. The van der Waals surface area contributed by atoms with Gasteiger partial charge in [0.25, 0.3) is 0 Å². The van der Waals surface area contributed by atoms with Crippen molar-refractivity contribution in [1.29, 1.82) is 0 Å². The Bertz CT molecular complexity index is 556. The first-order chi connectivity index (χ1) is 10.4. The monoisotopic (exact) mass is 344 g/mol. The van der Waals surface area contributed by atoms with Crippen LogP contribution in [0.5, 0.6) is 5.75 Å². The third-order valence-corrected chi connectivity index (χ3v) is 4.78. The van der Waals surface area contributed by atoms with Crippen molar-refractivity contribution in [3.63, 3.8) is 0 Å². The zero-order valence-corrected chi connectivity index (χ0v) is 14.5. The van der Waals surface area contributed by atoms with Crippen molar-refractivity contribution < 1.29 is 23.5 Å². The van der Waals surface area contributed by atoms with Crippen LogP contribution in [0.3, 0.4) is 0 Å². The van der Waals surface area contributed by atoms with E-state index in [1.54, 1.807) is 24.3 Å². The van der Waals surface area contributed by atoms with E-state index in [-0.39, 0.29) is 18.8 Å². The lowest BCUT2D eigenvalue weighted by atomic mass is 10.1. The van der Waals surface area contributed by atoms with Gasteiger partial charge in [0.1, 0.15) is 12.4 Å². The number of ketones is 1. The Labute approximate surface area is 136 Å². The van der Waals surface area contributed by atoms with E-state index in [9.17, 15) is 4.79 Å². The molecule has 7 heteroatoms. The Morgan fingerprint density at radius 2 is 1.95 bits per heavy atom. The molecule has 0 saturated carbocycles. The van der Waals surface area contributed by atoms with Crippen LogP contribution in [0.15, 0.2) is 36.4 Å². The number of aliphatic hydroxyl groups excluding tert-OH is 1. The highest BCUT2D eigenvalue weighted by Crippen LogP contribution is 2.50. The van der Waals surface area contributed by atoms with Gasteiger partial charge in [0.15, 0.2) is 5.78 Å². The van der Waals surface area contributed by atoms with Gasteiger partial charge in [0.2, 0.25) is 0 Å². The number of rotatable bonds is 10. The van der Waals surface area contributed by atoms with Crippen molar-refractivity contribution in [2.24, 2.45) is 0 Å². The number of carbonyl (C=O) groups is 1. The van der Waals surface area contributed by atoms with Crippen molar-refractivity contribution in [2.75, 3.05) is 19.8 Å². The van der Waals surface area contributed by atoms with E-state index in [0.717, 1.165) is 11.1 Å². The van der Waals surface area contributed by atoms with E-state index in [1.807, 2.05) is 13.8 Å². The summed E-state index contributed by atoms with van der Waals surface area (Å²) in [7, 11) is 0. The third-order valence-electron chi connectivity index (χ3n) is 2.47. The van der Waals surface area contributed by atoms with Gasteiger partial charge >= 0.3 is 6.72 Å². The Hall–Kier alpha value is -1.04. The Morgan fingerprint density at radius 3 is 2.45 bits per heavy atom. The molecule has 1 aromatic carbocycles. The Balaban J connectivity index is 2.74. The number of benzene rings is 1. The Kier molecular flexibility index (Phi) is 7.93. The first kappa shape index (κ1) is 19.0. The van der Waals surface area contributed by atoms with Gasteiger partial charge in [-0.15, -0.1) is 0 Å². The molecule has 1 atom stereocenters. The van der Waals surface area contributed by atoms with Crippen molar-refractivity contribution in [1.82, 2.24) is 0 Å². The second-order valence-electron chi connectivity index (χ2n) is 4.70. The van der Waals surface area contributed by atoms with Gasteiger partial charge in [0.05, 0.1) is 13.2 Å². The molecule has 1 rings (SSSR count). The third kappa shape index (κ3) is 6.81. The van der Waals surface area contributed by atoms with Crippen LogP contribution < -0.4 is 4.52 Å². The highest BCUT2D eigenvalue weighted by atomic mass is 32.5. The summed E-state index contributed by atoms with van der Waals surface area (Å²) in [6, 6.07) is 6.88. The molecule has 0 aliphatic carbocycles. The zero-order valence-electron chi connectivity index (χ0n) is 12.8. The summed E-state index contributed by atoms with van der Waals surface area (Å²) in [5.74, 6) is 0.275. The molecule has 0 radical (unpaired) electrons. The number of carbonyl (C=O) groups excluding carboxylic acids is 1. The standard InChI is InChI=1S/C15H21O5PS/c1-4-18-21(22,19-11-12(2)3)20-15-7-5-13(6-8-15)9-14(17)10-16/h5-8,16H,2,4,9-11H2,1,3H3. The van der Waals surface area contributed by atoms with Gasteiger partial charge in [-0.3, -0.25) is 13.8 Å². The molecule has 0 aliphatic heterocycles. The van der Waals surface area contributed by atoms with Crippen LogP contribution in [0.4, 0.5) is 0 Å². The highest BCUT2D eigenvalue weighted by Gasteiger charge is 2.22. The van der Waals surface area contributed by atoms with Gasteiger partial charge in [0, 0.05) is 18.2 Å². The number of aliphatic hydroxyl groups is 1. The number of Topliss-reactive ketones (excluding diaryl/α,β-unsaturated/α-hetero) is 1. The fourth-order valence-corrected chi connectivity index (χ4v) is 3.51. The molecule has 1 N–H and O–H groups in total. The van der Waals surface area contributed by atoms with Crippen molar-refractivity contribution in [3.05, 3.63) is 42.0 Å². The molecule has 22 heavy (non-hydrogen) atoms. The molecule has 5 nitrogen and oxygen atoms in total. The second kappa shape index (κ2) is 9.18. The average Bonchev–Trinajstić information content (AvgIpc) is 2.47. The molecule has 1 unspecified atom stereocenters. The van der Waals surface area contributed by atoms with E-state index in [2.05, 4.69) is 6.58 Å². The fraction of sp³-hybridized carbons (Fsp3) is 0.400. The quantitative estimate of drug-likeness (QED) is 0.520. The summed E-state index contributed by atoms with van der Waals surface area (Å²) < 4.78 is 16.7. The Morgan fingerprint density at radius 1 is 1.32 bits per heavy atom. The minimum Gasteiger partial charge on any atom is -0.424 e. The molecule has 0 saturated heterocycles. The van der Waals surface area contributed by atoms with E-state index in [1.165, 1.54) is 0 Å². The van der Waals surface area contributed by atoms with Crippen LogP contribution >= 0.6 is 6.72 Å². The first-order valence-electron chi connectivity index (χ1n) is 6.83. The zero-order chi connectivity index (χ0) is 16.6. The van der Waals surface area contributed by atoms with Crippen LogP contribution in [0.2, 0.25) is 0 Å². The van der Waals surface area contributed by atoms with E-state index < -0.39 is 13.3 Å². The summed E-state index contributed by atoms with van der Waals surface area (Å²) in [4.78, 5) is 11.2. The van der Waals surface area contributed by atoms with Gasteiger partial charge in [-0.1, -0.05) is 24.3 Å². The van der Waals surface area contributed by atoms with E-state index in [0.29, 0.717) is 12.4 Å². The van der Waals surface area contributed by atoms with Gasteiger partial charge < -0.3 is 9.63 Å². The molecule has 122 valence electrons. The molecule has 0 amide bonds. The van der Waals surface area contributed by atoms with Crippen LogP contribution in [0.1, 0.15) is 19.4 Å². The maximum Gasteiger partial charge on any atom is 0.380 e. The average molecular weight is 344 g/mol. The molecular weight excluding hydrogens is 323 g/mol. The molecule has 0 spiro atoms. The van der Waals surface area contributed by atoms with Crippen LogP contribution in [0.25, 0.3) is 0 Å². The highest BCUT2D eigenvalue weighted by molar-refractivity contribution is 8.07. The van der Waals surface area contributed by atoms with Gasteiger partial charge in [-0.05, 0) is 31.5 Å². The summed E-state index contributed by atoms with van der Waals surface area (Å²) >= 11 is 5.34. The van der Waals surface area contributed by atoms with E-state index in [4.69, 9.17) is 30.5 Å². The summed E-state index contributed by atoms with van der Waals surface area (Å²) in [5.41, 5.74) is 1.62. The minimum atomic E-state index is -2.88. The number of hydrogen-bond donors (Lipinski definition) is 1. The summed E-state index contributed by atoms with van der Waals surface area (Å²) in [6.07, 6.45) is 0.183. The largest absolute Gasteiger partial charge is 0.424 e. The van der Waals surface area contributed by atoms with Crippen molar-refractivity contribution >= 4 is 24.3 Å². The molecule has 1 aromatic rings. The first-order valence-corrected chi connectivity index (χ1v) is 9.38. The van der Waals surface area contributed by atoms with Gasteiger partial charge in [-0.25, -0.2) is 0 Å². The lowest BCUT2D eigenvalue weighted by molar-refractivity contribution is -0.121. The fourth-order valence-electron chi connectivity index (χ4n) is 1.52. The van der Waals surface area contributed by atoms with Crippen LogP contribution in [0, 0.1) is 0 Å². The second-order valence-corrected chi connectivity index (χ2v) is 7.64. The molecule has 0 bridgehead atoms. The van der Waals surface area contributed by atoms with Crippen LogP contribution in [-0.4, -0.2) is 30.7 Å². The molecule has 0 aliphatic rings. The maximum atomic E-state index is 11.2. The lowest BCUT2D eigenvalue weighted by Crippen LogP contribution is -2.07. The topological polar surface area (TPSA) is 65.0 Å². The SMILES string of the molecule is C=C(C)COP(=S)(OCC)Oc1ccc(CC(=O)CO)cc1. The summed E-state index contributed by atoms with van der Waals surface area (Å²) in [5, 5.41) is 8.74. The predicted octanol–water partition coefficient (Wildman–Crippen LogP) is 3.02. The molecule has 0 heterocycles.